The van der Waals surface area contributed by atoms with Crippen LogP contribution in [0, 0.1) is 0 Å². The summed E-state index contributed by atoms with van der Waals surface area (Å²) in [5.41, 5.74) is 6.52. The van der Waals surface area contributed by atoms with E-state index >= 15 is 0 Å². The second-order valence-electron chi connectivity index (χ2n) is 10.7. The van der Waals surface area contributed by atoms with Gasteiger partial charge in [-0.25, -0.2) is 0 Å². The summed E-state index contributed by atoms with van der Waals surface area (Å²) in [6, 6.07) is 21.3. The van der Waals surface area contributed by atoms with Crippen LogP contribution in [0.2, 0.25) is 0 Å². The number of nitrogens with zero attached hydrogens (tertiary/aromatic N) is 2. The zero-order valence-electron chi connectivity index (χ0n) is 24.3. The lowest BCUT2D eigenvalue weighted by Gasteiger charge is -2.27. The topological polar surface area (TPSA) is 109 Å². The van der Waals surface area contributed by atoms with E-state index in [2.05, 4.69) is 44.9 Å². The molecule has 2 aromatic heterocycles. The number of ether oxygens (including phenoxy) is 2. The number of hydrogen-bond donors (Lipinski definition) is 4. The number of benzene rings is 2. The summed E-state index contributed by atoms with van der Waals surface area (Å²) in [6.45, 7) is 3.89. The average molecular weight is 605 g/mol. The van der Waals surface area contributed by atoms with Gasteiger partial charge in [-0.3, -0.25) is 9.97 Å². The largest absolute Gasteiger partial charge is 0.490 e. The van der Waals surface area contributed by atoms with Crippen LogP contribution in [0.4, 0.5) is 0 Å². The summed E-state index contributed by atoms with van der Waals surface area (Å²) < 4.78 is 11.6. The Bertz CT molecular complexity index is 1310. The van der Waals surface area contributed by atoms with Crippen LogP contribution in [0.1, 0.15) is 24.0 Å². The van der Waals surface area contributed by atoms with E-state index < -0.39 is 0 Å². The highest BCUT2D eigenvalue weighted by Crippen LogP contribution is 2.25. The molecule has 9 heteroatoms. The van der Waals surface area contributed by atoms with E-state index in [0.717, 1.165) is 58.0 Å². The van der Waals surface area contributed by atoms with E-state index in [4.69, 9.17) is 19.7 Å². The Labute approximate surface area is 259 Å². The molecule has 2 aliphatic rings. The van der Waals surface area contributed by atoms with Crippen LogP contribution in [0.3, 0.4) is 0 Å². The third-order valence-corrected chi connectivity index (χ3v) is 7.50. The van der Waals surface area contributed by atoms with E-state index in [1.807, 2.05) is 48.8 Å². The summed E-state index contributed by atoms with van der Waals surface area (Å²) >= 11 is 0. The molecule has 0 spiro atoms. The van der Waals surface area contributed by atoms with Gasteiger partial charge in [-0.1, -0.05) is 48.5 Å². The van der Waals surface area contributed by atoms with E-state index in [1.165, 1.54) is 12.8 Å². The Hall–Kier alpha value is -3.53. The summed E-state index contributed by atoms with van der Waals surface area (Å²) in [7, 11) is 0. The van der Waals surface area contributed by atoms with Crippen molar-refractivity contribution >= 4 is 12.4 Å². The maximum Gasteiger partial charge on any atom is 0.138 e. The van der Waals surface area contributed by atoms with Gasteiger partial charge in [0.15, 0.2) is 0 Å². The molecule has 4 heterocycles. The van der Waals surface area contributed by atoms with E-state index in [9.17, 15) is 0 Å². The Morgan fingerprint density at radius 3 is 1.44 bits per heavy atom. The Morgan fingerprint density at radius 2 is 1.07 bits per heavy atom. The molecule has 0 saturated carbocycles. The molecule has 0 unspecified atom stereocenters. The maximum atomic E-state index is 9.04. The second kappa shape index (κ2) is 16.9. The molecule has 8 nitrogen and oxygen atoms in total. The number of nitrogens with one attached hydrogen (secondary N) is 2. The lowest BCUT2D eigenvalue weighted by atomic mass is 10.0. The highest BCUT2D eigenvalue weighted by molar-refractivity contribution is 5.85. The lowest BCUT2D eigenvalue weighted by Crippen LogP contribution is -2.46. The van der Waals surface area contributed by atoms with Gasteiger partial charge in [-0.2, -0.15) is 0 Å². The first-order valence-corrected chi connectivity index (χ1v) is 14.7. The zero-order valence-corrected chi connectivity index (χ0v) is 25.1. The van der Waals surface area contributed by atoms with Crippen molar-refractivity contribution < 1.29 is 19.7 Å². The van der Waals surface area contributed by atoms with Gasteiger partial charge >= 0.3 is 0 Å². The Balaban J connectivity index is 0.000000192. The minimum atomic E-state index is 0. The van der Waals surface area contributed by atoms with Gasteiger partial charge in [0.2, 0.25) is 0 Å². The standard InChI is InChI=1S/2C17H20N2O2.ClH/c2*20-7-5-13-2-1-3-14(8-13)15-9-17(11-18-10-15)21-12-16-4-6-19-16;/h2*1-3,8-11,16,19-20H,4-7,12H2;1H/t2*16-;/m00./s1. The van der Waals surface area contributed by atoms with Crippen molar-refractivity contribution in [3.63, 3.8) is 0 Å². The monoisotopic (exact) mass is 604 g/mol. The van der Waals surface area contributed by atoms with Gasteiger partial charge in [0.25, 0.3) is 0 Å². The quantitative estimate of drug-likeness (QED) is 0.188. The molecule has 228 valence electrons. The van der Waals surface area contributed by atoms with Crippen molar-refractivity contribution in [1.82, 2.24) is 20.6 Å². The molecule has 2 saturated heterocycles. The van der Waals surface area contributed by atoms with Crippen molar-refractivity contribution in [3.05, 3.63) is 96.6 Å². The number of rotatable bonds is 12. The molecule has 2 aliphatic heterocycles. The van der Waals surface area contributed by atoms with Gasteiger partial charge in [-0.05, 0) is 73.2 Å². The molecule has 43 heavy (non-hydrogen) atoms. The minimum absolute atomic E-state index is 0. The van der Waals surface area contributed by atoms with Crippen LogP contribution >= 0.6 is 12.4 Å². The molecular weight excluding hydrogens is 564 g/mol. The number of hydrogen-bond acceptors (Lipinski definition) is 8. The molecule has 4 N–H and O–H groups in total. The SMILES string of the molecule is Cl.OCCc1cccc(-c2cncc(OC[C@@H]3CCN3)c2)c1.OCCc1cccc(-c2cncc(OC[C@@H]3CCN3)c2)c1. The highest BCUT2D eigenvalue weighted by Gasteiger charge is 2.17. The Kier molecular flexibility index (Phi) is 12.8. The molecule has 2 aromatic carbocycles. The van der Waals surface area contributed by atoms with E-state index in [1.54, 1.807) is 12.4 Å². The smallest absolute Gasteiger partial charge is 0.138 e. The first kappa shape index (κ1) is 32.4. The minimum Gasteiger partial charge on any atom is -0.490 e. The average Bonchev–Trinajstić information content (AvgIpc) is 2.97. The highest BCUT2D eigenvalue weighted by atomic mass is 35.5. The number of halogens is 1. The molecule has 2 fully saturated rings. The van der Waals surface area contributed by atoms with Gasteiger partial charge in [-0.15, -0.1) is 12.4 Å². The van der Waals surface area contributed by atoms with E-state index in [-0.39, 0.29) is 25.6 Å². The zero-order chi connectivity index (χ0) is 29.0. The van der Waals surface area contributed by atoms with Gasteiger partial charge in [0, 0.05) is 48.8 Å². The van der Waals surface area contributed by atoms with Crippen LogP contribution in [-0.2, 0) is 12.8 Å². The van der Waals surface area contributed by atoms with Crippen molar-refractivity contribution in [3.8, 4) is 33.8 Å². The van der Waals surface area contributed by atoms with Crippen molar-refractivity contribution in [2.45, 2.75) is 37.8 Å². The predicted molar refractivity (Wildman–Crippen MR) is 172 cm³/mol. The van der Waals surface area contributed by atoms with Crippen molar-refractivity contribution in [2.75, 3.05) is 39.5 Å². The summed E-state index contributed by atoms with van der Waals surface area (Å²) in [6.07, 6.45) is 10.9. The number of aliphatic hydroxyl groups is 2. The van der Waals surface area contributed by atoms with Crippen molar-refractivity contribution in [2.24, 2.45) is 0 Å². The normalized spacial score (nSPS) is 16.9. The van der Waals surface area contributed by atoms with Crippen LogP contribution in [0.5, 0.6) is 11.5 Å². The number of aliphatic hydroxyl groups excluding tert-OH is 2. The summed E-state index contributed by atoms with van der Waals surface area (Å²) in [4.78, 5) is 8.53. The summed E-state index contributed by atoms with van der Waals surface area (Å²) in [5, 5.41) is 24.7. The summed E-state index contributed by atoms with van der Waals surface area (Å²) in [5.74, 6) is 1.60. The fourth-order valence-corrected chi connectivity index (χ4v) is 4.76. The molecule has 4 aromatic rings. The number of aromatic nitrogens is 2. The Morgan fingerprint density at radius 1 is 0.628 bits per heavy atom. The molecule has 6 rings (SSSR count). The van der Waals surface area contributed by atoms with Crippen molar-refractivity contribution in [1.29, 1.82) is 0 Å². The van der Waals surface area contributed by atoms with Crippen LogP contribution in [-0.4, -0.2) is 71.8 Å². The van der Waals surface area contributed by atoms with E-state index in [0.29, 0.717) is 38.1 Å². The predicted octanol–water partition coefficient (Wildman–Crippen LogP) is 4.47. The maximum absolute atomic E-state index is 9.04. The molecule has 0 amide bonds. The third-order valence-electron chi connectivity index (χ3n) is 7.50. The fraction of sp³-hybridized carbons (Fsp3) is 0.353. The first-order chi connectivity index (χ1) is 20.7. The first-order valence-electron chi connectivity index (χ1n) is 14.7. The fourth-order valence-electron chi connectivity index (χ4n) is 4.76. The third kappa shape index (κ3) is 9.74. The van der Waals surface area contributed by atoms with Crippen LogP contribution < -0.4 is 20.1 Å². The van der Waals surface area contributed by atoms with Gasteiger partial charge in [0.1, 0.15) is 24.7 Å². The van der Waals surface area contributed by atoms with Crippen LogP contribution in [0.25, 0.3) is 22.3 Å². The van der Waals surface area contributed by atoms with Crippen LogP contribution in [0.15, 0.2) is 85.5 Å². The number of pyridine rings is 2. The molecule has 0 radical (unpaired) electrons. The van der Waals surface area contributed by atoms with Gasteiger partial charge < -0.3 is 30.3 Å². The molecule has 2 atom stereocenters. The second-order valence-corrected chi connectivity index (χ2v) is 10.7. The molecule has 0 aliphatic carbocycles. The molecular formula is C34H41ClN4O4. The lowest BCUT2D eigenvalue weighted by molar-refractivity contribution is 0.217. The molecule has 0 bridgehead atoms. The van der Waals surface area contributed by atoms with Gasteiger partial charge in [0.05, 0.1) is 12.4 Å².